The van der Waals surface area contributed by atoms with Gasteiger partial charge in [0.2, 0.25) is 11.0 Å². The van der Waals surface area contributed by atoms with E-state index >= 15 is 0 Å². The van der Waals surface area contributed by atoms with E-state index in [-0.39, 0.29) is 5.92 Å². The van der Waals surface area contributed by atoms with Gasteiger partial charge in [-0.3, -0.25) is 10.1 Å². The molecule has 0 fully saturated rings. The van der Waals surface area contributed by atoms with Crippen molar-refractivity contribution in [2.75, 3.05) is 5.32 Å². The van der Waals surface area contributed by atoms with Gasteiger partial charge in [-0.25, -0.2) is 4.79 Å². The van der Waals surface area contributed by atoms with Crippen LogP contribution >= 0.6 is 23.1 Å². The van der Waals surface area contributed by atoms with Crippen molar-refractivity contribution in [3.63, 3.8) is 0 Å². The molecule has 23 heavy (non-hydrogen) atoms. The number of amides is 3. The van der Waals surface area contributed by atoms with Gasteiger partial charge in [0.1, 0.15) is 5.76 Å². The fourth-order valence-corrected chi connectivity index (χ4v) is 3.65. The summed E-state index contributed by atoms with van der Waals surface area (Å²) in [7, 11) is 0. The number of thioether (sulfide) groups is 1. The van der Waals surface area contributed by atoms with Crippen LogP contribution in [0.15, 0.2) is 27.2 Å². The number of carbonyl (C=O) groups excluding carboxylic acids is 2. The monoisotopic (exact) mass is 355 g/mol. The molecule has 0 saturated heterocycles. The number of primary amides is 1. The van der Waals surface area contributed by atoms with Crippen molar-refractivity contribution >= 4 is 40.2 Å². The lowest BCUT2D eigenvalue weighted by Gasteiger charge is -2.16. The minimum Gasteiger partial charge on any atom is -0.467 e. The normalized spacial score (nSPS) is 12.1. The topological polar surface area (TPSA) is 123 Å². The first-order valence-electron chi connectivity index (χ1n) is 6.82. The Balaban J connectivity index is 1.95. The largest absolute Gasteiger partial charge is 0.467 e. The minimum absolute atomic E-state index is 0.00257. The Kier molecular flexibility index (Phi) is 5.99. The summed E-state index contributed by atoms with van der Waals surface area (Å²) in [6, 6.07) is 2.80. The zero-order chi connectivity index (χ0) is 16.8. The van der Waals surface area contributed by atoms with Gasteiger partial charge in [0.15, 0.2) is 4.34 Å². The van der Waals surface area contributed by atoms with Crippen LogP contribution in [0, 0.1) is 5.92 Å². The second-order valence-corrected chi connectivity index (χ2v) is 7.31. The number of hydrogen-bond acceptors (Lipinski definition) is 8. The lowest BCUT2D eigenvalue weighted by Crippen LogP contribution is -2.42. The number of urea groups is 1. The number of aromatic nitrogens is 2. The Hall–Kier alpha value is -2.07. The number of furan rings is 1. The number of nitrogens with two attached hydrogens (primary N) is 1. The van der Waals surface area contributed by atoms with Crippen molar-refractivity contribution in [2.45, 2.75) is 30.0 Å². The molecule has 2 heterocycles. The molecule has 0 aliphatic rings. The first-order valence-corrected chi connectivity index (χ1v) is 8.52. The van der Waals surface area contributed by atoms with Crippen molar-refractivity contribution in [3.05, 3.63) is 24.2 Å². The molecular formula is C13H17N5O3S2. The van der Waals surface area contributed by atoms with Gasteiger partial charge in [-0.15, -0.1) is 10.2 Å². The molecule has 1 unspecified atom stereocenters. The third-order valence-corrected chi connectivity index (χ3v) is 5.25. The average molecular weight is 355 g/mol. The molecule has 1 atom stereocenters. The average Bonchev–Trinajstić information content (AvgIpc) is 3.13. The molecule has 8 nitrogen and oxygen atoms in total. The summed E-state index contributed by atoms with van der Waals surface area (Å²) in [6.07, 6.45) is 1.60. The van der Waals surface area contributed by atoms with Crippen LogP contribution in [0.4, 0.5) is 9.93 Å². The molecule has 0 radical (unpaired) electrons. The smallest absolute Gasteiger partial charge is 0.318 e. The number of rotatable bonds is 7. The molecule has 124 valence electrons. The highest BCUT2D eigenvalue weighted by molar-refractivity contribution is 8.02. The van der Waals surface area contributed by atoms with Gasteiger partial charge < -0.3 is 15.5 Å². The standard InChI is InChI=1S/C13H17N5O3S2/c1-7(2)9(10(19)16-11(14)20)22-13-18-17-12(23-13)15-6-8-4-3-5-21-8/h3-5,7,9H,6H2,1-2H3,(H,15,17)(H3,14,16,19,20). The second-order valence-electron chi connectivity index (χ2n) is 4.94. The molecule has 0 aromatic carbocycles. The van der Waals surface area contributed by atoms with Crippen LogP contribution in [0.3, 0.4) is 0 Å². The fourth-order valence-electron chi connectivity index (χ4n) is 1.70. The SMILES string of the molecule is CC(C)C(Sc1nnc(NCc2ccco2)s1)C(=O)NC(N)=O. The van der Waals surface area contributed by atoms with Crippen LogP contribution in [0.5, 0.6) is 0 Å². The van der Waals surface area contributed by atoms with Crippen molar-refractivity contribution in [3.8, 4) is 0 Å². The van der Waals surface area contributed by atoms with Gasteiger partial charge in [-0.1, -0.05) is 36.9 Å². The fraction of sp³-hybridized carbons (Fsp3) is 0.385. The maximum Gasteiger partial charge on any atom is 0.318 e. The molecule has 10 heteroatoms. The lowest BCUT2D eigenvalue weighted by atomic mass is 10.1. The highest BCUT2D eigenvalue weighted by Gasteiger charge is 2.26. The molecule has 2 aromatic heterocycles. The highest BCUT2D eigenvalue weighted by atomic mass is 32.2. The van der Waals surface area contributed by atoms with E-state index in [1.807, 2.05) is 26.0 Å². The molecule has 0 aliphatic carbocycles. The molecule has 0 bridgehead atoms. The van der Waals surface area contributed by atoms with E-state index in [1.54, 1.807) is 6.26 Å². The lowest BCUT2D eigenvalue weighted by molar-refractivity contribution is -0.120. The number of nitrogens with one attached hydrogen (secondary N) is 2. The zero-order valence-electron chi connectivity index (χ0n) is 12.6. The van der Waals surface area contributed by atoms with Gasteiger partial charge in [-0.05, 0) is 18.1 Å². The van der Waals surface area contributed by atoms with Crippen LogP contribution in [-0.4, -0.2) is 27.4 Å². The molecular weight excluding hydrogens is 338 g/mol. The molecule has 0 spiro atoms. The molecule has 0 aliphatic heterocycles. The summed E-state index contributed by atoms with van der Waals surface area (Å²) in [5, 5.41) is 13.4. The van der Waals surface area contributed by atoms with Gasteiger partial charge in [-0.2, -0.15) is 0 Å². The summed E-state index contributed by atoms with van der Waals surface area (Å²) in [4.78, 5) is 22.8. The molecule has 3 amide bonds. The summed E-state index contributed by atoms with van der Waals surface area (Å²) in [5.74, 6) is 0.357. The summed E-state index contributed by atoms with van der Waals surface area (Å²) < 4.78 is 5.85. The predicted octanol–water partition coefficient (Wildman–Crippen LogP) is 2.05. The third kappa shape index (κ3) is 5.25. The van der Waals surface area contributed by atoms with E-state index in [4.69, 9.17) is 10.2 Å². The summed E-state index contributed by atoms with van der Waals surface area (Å²) in [6.45, 7) is 4.27. The Morgan fingerprint density at radius 1 is 1.43 bits per heavy atom. The molecule has 0 saturated carbocycles. The van der Waals surface area contributed by atoms with E-state index in [0.717, 1.165) is 5.76 Å². The Morgan fingerprint density at radius 2 is 2.22 bits per heavy atom. The van der Waals surface area contributed by atoms with Gasteiger partial charge >= 0.3 is 6.03 Å². The molecule has 2 aromatic rings. The highest BCUT2D eigenvalue weighted by Crippen LogP contribution is 2.32. The molecule has 4 N–H and O–H groups in total. The Bertz CT molecular complexity index is 656. The van der Waals surface area contributed by atoms with Crippen molar-refractivity contribution in [2.24, 2.45) is 11.7 Å². The second kappa shape index (κ2) is 7.97. The number of carbonyl (C=O) groups is 2. The summed E-state index contributed by atoms with van der Waals surface area (Å²) in [5.41, 5.74) is 4.99. The van der Waals surface area contributed by atoms with E-state index < -0.39 is 17.2 Å². The van der Waals surface area contributed by atoms with E-state index in [2.05, 4.69) is 20.8 Å². The Labute approximate surface area is 141 Å². The number of anilines is 1. The number of nitrogens with zero attached hydrogens (tertiary/aromatic N) is 2. The quantitative estimate of drug-likeness (QED) is 0.649. The van der Waals surface area contributed by atoms with Crippen molar-refractivity contribution in [1.29, 1.82) is 0 Å². The van der Waals surface area contributed by atoms with E-state index in [0.29, 0.717) is 16.0 Å². The Morgan fingerprint density at radius 3 is 2.83 bits per heavy atom. The van der Waals surface area contributed by atoms with Crippen LogP contribution < -0.4 is 16.4 Å². The van der Waals surface area contributed by atoms with Crippen molar-refractivity contribution in [1.82, 2.24) is 15.5 Å². The number of hydrogen-bond donors (Lipinski definition) is 3. The van der Waals surface area contributed by atoms with Crippen LogP contribution in [0.25, 0.3) is 0 Å². The van der Waals surface area contributed by atoms with Crippen molar-refractivity contribution < 1.29 is 14.0 Å². The van der Waals surface area contributed by atoms with Gasteiger partial charge in [0, 0.05) is 0 Å². The molecule has 2 rings (SSSR count). The van der Waals surface area contributed by atoms with Crippen LogP contribution in [0.1, 0.15) is 19.6 Å². The van der Waals surface area contributed by atoms with E-state index in [1.165, 1.54) is 23.1 Å². The van der Waals surface area contributed by atoms with Gasteiger partial charge in [0.05, 0.1) is 18.1 Å². The maximum atomic E-state index is 12.0. The van der Waals surface area contributed by atoms with E-state index in [9.17, 15) is 9.59 Å². The minimum atomic E-state index is -0.862. The zero-order valence-corrected chi connectivity index (χ0v) is 14.2. The predicted molar refractivity (Wildman–Crippen MR) is 88.2 cm³/mol. The third-order valence-electron chi connectivity index (χ3n) is 2.74. The number of imide groups is 1. The first-order chi connectivity index (χ1) is 11.0. The summed E-state index contributed by atoms with van der Waals surface area (Å²) >= 11 is 2.58. The van der Waals surface area contributed by atoms with Crippen LogP contribution in [0.2, 0.25) is 0 Å². The van der Waals surface area contributed by atoms with Gasteiger partial charge in [0.25, 0.3) is 0 Å². The first kappa shape index (κ1) is 17.3. The maximum absolute atomic E-state index is 12.0. The van der Waals surface area contributed by atoms with Crippen LogP contribution in [-0.2, 0) is 11.3 Å².